The molecule has 138 valence electrons. The minimum atomic E-state index is 0. The van der Waals surface area contributed by atoms with Gasteiger partial charge in [-0.25, -0.2) is 0 Å². The molecule has 1 saturated heterocycles. The van der Waals surface area contributed by atoms with E-state index in [0.29, 0.717) is 6.54 Å². The zero-order valence-electron chi connectivity index (χ0n) is 15.0. The van der Waals surface area contributed by atoms with E-state index in [9.17, 15) is 4.79 Å². The summed E-state index contributed by atoms with van der Waals surface area (Å²) in [5.41, 5.74) is 7.84. The minimum Gasteiger partial charge on any atom is -0.375 e. The fraction of sp³-hybridized carbons (Fsp3) is 0.611. The van der Waals surface area contributed by atoms with Gasteiger partial charge in [0.05, 0.1) is 0 Å². The number of nitrogens with zero attached hydrogens (tertiary/aromatic N) is 2. The van der Waals surface area contributed by atoms with E-state index in [1.165, 1.54) is 18.5 Å². The number of rotatable bonds is 6. The molecule has 2 N–H and O–H groups in total. The van der Waals surface area contributed by atoms with Gasteiger partial charge in [-0.3, -0.25) is 4.79 Å². The third-order valence-electron chi connectivity index (χ3n) is 4.74. The maximum absolute atomic E-state index is 12.6. The topological polar surface area (TPSA) is 49.6 Å². The van der Waals surface area contributed by atoms with Crippen LogP contribution in [0.25, 0.3) is 0 Å². The molecule has 4 nitrogen and oxygen atoms in total. The molecule has 0 spiro atoms. The van der Waals surface area contributed by atoms with Gasteiger partial charge >= 0.3 is 0 Å². The van der Waals surface area contributed by atoms with E-state index in [-0.39, 0.29) is 36.1 Å². The Balaban J connectivity index is 0.00000264. The number of hydrogen-bond acceptors (Lipinski definition) is 3. The van der Waals surface area contributed by atoms with Crippen LogP contribution in [-0.4, -0.2) is 44.0 Å². The van der Waals surface area contributed by atoms with Gasteiger partial charge in [-0.05, 0) is 49.1 Å². The predicted molar refractivity (Wildman–Crippen MR) is 107 cm³/mol. The summed E-state index contributed by atoms with van der Waals surface area (Å²) < 4.78 is 0. The molecular weight excluding hydrogens is 345 g/mol. The van der Waals surface area contributed by atoms with Gasteiger partial charge in [0, 0.05) is 37.9 Å². The third-order valence-corrected chi connectivity index (χ3v) is 4.74. The summed E-state index contributed by atoms with van der Waals surface area (Å²) in [5, 5.41) is 0. The molecule has 2 rings (SSSR count). The van der Waals surface area contributed by atoms with Crippen LogP contribution in [0, 0.1) is 5.41 Å². The molecule has 1 unspecified atom stereocenters. The van der Waals surface area contributed by atoms with Crippen molar-refractivity contribution in [2.45, 2.75) is 33.1 Å². The molecule has 0 saturated carbocycles. The van der Waals surface area contributed by atoms with Gasteiger partial charge in [0.15, 0.2) is 0 Å². The van der Waals surface area contributed by atoms with Crippen LogP contribution in [0.4, 0.5) is 5.69 Å². The average molecular weight is 376 g/mol. The Morgan fingerprint density at radius 3 is 2.42 bits per heavy atom. The lowest BCUT2D eigenvalue weighted by molar-refractivity contribution is 0.0777. The van der Waals surface area contributed by atoms with Crippen LogP contribution >= 0.6 is 24.8 Å². The molecule has 24 heavy (non-hydrogen) atoms. The van der Waals surface area contributed by atoms with Gasteiger partial charge in [-0.1, -0.05) is 20.3 Å². The van der Waals surface area contributed by atoms with Gasteiger partial charge in [0.1, 0.15) is 0 Å². The molecule has 0 aliphatic carbocycles. The largest absolute Gasteiger partial charge is 0.375 e. The molecule has 6 heteroatoms. The molecule has 0 bridgehead atoms. The predicted octanol–water partition coefficient (Wildman–Crippen LogP) is 3.58. The Morgan fingerprint density at radius 1 is 1.29 bits per heavy atom. The van der Waals surface area contributed by atoms with Crippen LogP contribution in [0.2, 0.25) is 0 Å². The van der Waals surface area contributed by atoms with Gasteiger partial charge in [-0.2, -0.15) is 0 Å². The highest BCUT2D eigenvalue weighted by Crippen LogP contribution is 2.29. The van der Waals surface area contributed by atoms with Crippen molar-refractivity contribution in [2.75, 3.05) is 38.1 Å². The number of hydrogen-bond donors (Lipinski definition) is 1. The Hall–Kier alpha value is -0.970. The molecule has 1 aromatic rings. The van der Waals surface area contributed by atoms with Crippen molar-refractivity contribution in [3.63, 3.8) is 0 Å². The molecule has 1 amide bonds. The lowest BCUT2D eigenvalue weighted by Gasteiger charge is -2.23. The van der Waals surface area contributed by atoms with Crippen LogP contribution < -0.4 is 10.6 Å². The second kappa shape index (κ2) is 10.1. The first-order chi connectivity index (χ1) is 10.5. The number of anilines is 1. The maximum Gasteiger partial charge on any atom is 0.253 e. The van der Waals surface area contributed by atoms with Crippen molar-refractivity contribution in [1.29, 1.82) is 0 Å². The van der Waals surface area contributed by atoms with Crippen molar-refractivity contribution in [3.05, 3.63) is 29.8 Å². The summed E-state index contributed by atoms with van der Waals surface area (Å²) in [6, 6.07) is 7.97. The molecule has 0 aromatic heterocycles. The number of amides is 1. The zero-order chi connectivity index (χ0) is 16.2. The van der Waals surface area contributed by atoms with Crippen molar-refractivity contribution < 1.29 is 4.79 Å². The minimum absolute atomic E-state index is 0. The zero-order valence-corrected chi connectivity index (χ0v) is 16.6. The van der Waals surface area contributed by atoms with Crippen molar-refractivity contribution in [1.82, 2.24) is 4.90 Å². The van der Waals surface area contributed by atoms with E-state index < -0.39 is 0 Å². The quantitative estimate of drug-likeness (QED) is 0.826. The van der Waals surface area contributed by atoms with Crippen LogP contribution in [0.5, 0.6) is 0 Å². The second-order valence-corrected chi connectivity index (χ2v) is 6.81. The third kappa shape index (κ3) is 5.54. The standard InChI is InChI=1S/C18H29N3O.2ClH/c1-4-5-11-20(3)16-8-6-15(7-9-16)17(22)21-12-10-18(2,13-19)14-21;;/h6-9H,4-5,10-14,19H2,1-3H3;2*1H. The van der Waals surface area contributed by atoms with E-state index in [2.05, 4.69) is 25.8 Å². The van der Waals surface area contributed by atoms with Crippen molar-refractivity contribution in [2.24, 2.45) is 11.1 Å². The highest BCUT2D eigenvalue weighted by atomic mass is 35.5. The Morgan fingerprint density at radius 2 is 1.92 bits per heavy atom. The van der Waals surface area contributed by atoms with Crippen molar-refractivity contribution >= 4 is 36.4 Å². The van der Waals surface area contributed by atoms with E-state index >= 15 is 0 Å². The highest BCUT2D eigenvalue weighted by Gasteiger charge is 2.35. The molecule has 1 fully saturated rings. The summed E-state index contributed by atoms with van der Waals surface area (Å²) in [6.45, 7) is 7.61. The van der Waals surface area contributed by atoms with Crippen LogP contribution in [0.1, 0.15) is 43.5 Å². The SMILES string of the molecule is CCCCN(C)c1ccc(C(=O)N2CCC(C)(CN)C2)cc1.Cl.Cl. The monoisotopic (exact) mass is 375 g/mol. The fourth-order valence-corrected chi connectivity index (χ4v) is 2.93. The number of unbranched alkanes of at least 4 members (excludes halogenated alkanes) is 1. The number of likely N-dealkylation sites (tertiary alicyclic amines) is 1. The fourth-order valence-electron chi connectivity index (χ4n) is 2.93. The Kier molecular flexibility index (Phi) is 9.71. The summed E-state index contributed by atoms with van der Waals surface area (Å²) in [4.78, 5) is 16.7. The van der Waals surface area contributed by atoms with Gasteiger partial charge in [0.25, 0.3) is 5.91 Å². The van der Waals surface area contributed by atoms with Crippen LogP contribution in [-0.2, 0) is 0 Å². The number of nitrogens with two attached hydrogens (primary N) is 1. The number of carbonyl (C=O) groups excluding carboxylic acids is 1. The molecule has 1 aliphatic heterocycles. The summed E-state index contributed by atoms with van der Waals surface area (Å²) in [7, 11) is 2.10. The molecule has 1 aliphatic rings. The molecular formula is C18H31Cl2N3O. The number of halogens is 2. The van der Waals surface area contributed by atoms with Crippen LogP contribution in [0.15, 0.2) is 24.3 Å². The maximum atomic E-state index is 12.6. The average Bonchev–Trinajstić information content (AvgIpc) is 2.95. The lowest BCUT2D eigenvalue weighted by Crippen LogP contribution is -2.34. The molecule has 1 heterocycles. The Labute approximate surface area is 158 Å². The number of carbonyl (C=O) groups is 1. The van der Waals surface area contributed by atoms with Gasteiger partial charge < -0.3 is 15.5 Å². The van der Waals surface area contributed by atoms with Gasteiger partial charge in [0.2, 0.25) is 0 Å². The van der Waals surface area contributed by atoms with E-state index in [1.807, 2.05) is 29.2 Å². The number of benzene rings is 1. The van der Waals surface area contributed by atoms with Crippen molar-refractivity contribution in [3.8, 4) is 0 Å². The Bertz CT molecular complexity index is 509. The van der Waals surface area contributed by atoms with E-state index in [1.54, 1.807) is 0 Å². The van der Waals surface area contributed by atoms with E-state index in [4.69, 9.17) is 5.73 Å². The molecule has 1 aromatic carbocycles. The van der Waals surface area contributed by atoms with Gasteiger partial charge in [-0.15, -0.1) is 24.8 Å². The summed E-state index contributed by atoms with van der Waals surface area (Å²) in [5.74, 6) is 0.125. The lowest BCUT2D eigenvalue weighted by atomic mass is 9.90. The first kappa shape index (κ1) is 23.0. The van der Waals surface area contributed by atoms with Crippen LogP contribution in [0.3, 0.4) is 0 Å². The van der Waals surface area contributed by atoms with E-state index in [0.717, 1.165) is 31.6 Å². The molecule has 1 atom stereocenters. The second-order valence-electron chi connectivity index (χ2n) is 6.81. The first-order valence-electron chi connectivity index (χ1n) is 8.29. The summed E-state index contributed by atoms with van der Waals surface area (Å²) >= 11 is 0. The normalized spacial score (nSPS) is 19.4. The molecule has 0 radical (unpaired) electrons. The smallest absolute Gasteiger partial charge is 0.253 e. The summed E-state index contributed by atoms with van der Waals surface area (Å²) in [6.07, 6.45) is 3.37. The highest BCUT2D eigenvalue weighted by molar-refractivity contribution is 5.94. The first-order valence-corrected chi connectivity index (χ1v) is 8.29.